The first-order valence-electron chi connectivity index (χ1n) is 8.38. The molecule has 0 spiro atoms. The minimum atomic E-state index is 0.368. The number of benzene rings is 1. The van der Waals surface area contributed by atoms with Crippen LogP contribution in [0.25, 0.3) is 0 Å². The van der Waals surface area contributed by atoms with E-state index in [1.165, 1.54) is 24.0 Å². The Hall–Kier alpha value is -1.26. The minimum Gasteiger partial charge on any atom is -0.496 e. The van der Waals surface area contributed by atoms with Crippen molar-refractivity contribution in [1.29, 1.82) is 0 Å². The summed E-state index contributed by atoms with van der Waals surface area (Å²) in [6, 6.07) is 4.62. The Balaban J connectivity index is 2.40. The topological polar surface area (TPSA) is 33.7 Å². The first kappa shape index (κ1) is 17.1. The summed E-state index contributed by atoms with van der Waals surface area (Å²) >= 11 is 0. The molecule has 2 rings (SSSR count). The molecule has 1 aliphatic heterocycles. The van der Waals surface area contributed by atoms with Crippen molar-refractivity contribution < 1.29 is 9.47 Å². The van der Waals surface area contributed by atoms with Crippen LogP contribution < -0.4 is 14.8 Å². The van der Waals surface area contributed by atoms with Gasteiger partial charge in [0.25, 0.3) is 0 Å². The first-order chi connectivity index (χ1) is 10.7. The summed E-state index contributed by atoms with van der Waals surface area (Å²) in [7, 11) is 3.51. The van der Waals surface area contributed by atoms with E-state index in [-0.39, 0.29) is 0 Å². The van der Waals surface area contributed by atoms with E-state index in [4.69, 9.17) is 9.47 Å². The van der Waals surface area contributed by atoms with Gasteiger partial charge in [-0.25, -0.2) is 0 Å². The second-order valence-corrected chi connectivity index (χ2v) is 6.03. The van der Waals surface area contributed by atoms with Gasteiger partial charge in [-0.05, 0) is 31.0 Å². The molecule has 0 amide bonds. The molecule has 1 heterocycles. The fourth-order valence-corrected chi connectivity index (χ4v) is 3.30. The largest absolute Gasteiger partial charge is 0.496 e. The number of aryl methyl sites for hydroxylation is 1. The van der Waals surface area contributed by atoms with Gasteiger partial charge < -0.3 is 14.8 Å². The van der Waals surface area contributed by atoms with E-state index in [9.17, 15) is 0 Å². The number of nitrogens with one attached hydrogen (secondary N) is 1. The fourth-order valence-electron chi connectivity index (χ4n) is 3.30. The van der Waals surface area contributed by atoms with Gasteiger partial charge in [-0.2, -0.15) is 0 Å². The van der Waals surface area contributed by atoms with Crippen LogP contribution in [0, 0.1) is 6.92 Å². The maximum absolute atomic E-state index is 5.70. The number of piperazine rings is 1. The van der Waals surface area contributed by atoms with Gasteiger partial charge in [0.1, 0.15) is 11.5 Å². The summed E-state index contributed by atoms with van der Waals surface area (Å²) in [6.07, 6.45) is 3.57. The lowest BCUT2D eigenvalue weighted by atomic mass is 9.95. The molecule has 4 heteroatoms. The van der Waals surface area contributed by atoms with Gasteiger partial charge in [-0.3, -0.25) is 4.90 Å². The molecule has 1 saturated heterocycles. The van der Waals surface area contributed by atoms with E-state index in [1.807, 2.05) is 0 Å². The number of nitrogens with zero attached hydrogens (tertiary/aromatic N) is 1. The summed E-state index contributed by atoms with van der Waals surface area (Å²) in [5.41, 5.74) is 2.39. The third-order valence-corrected chi connectivity index (χ3v) is 4.44. The Kier molecular flexibility index (Phi) is 6.52. The normalized spacial score (nSPS) is 17.3. The minimum absolute atomic E-state index is 0.368. The molecule has 0 bridgehead atoms. The number of rotatable bonds is 7. The summed E-state index contributed by atoms with van der Waals surface area (Å²) in [6.45, 7) is 8.60. The zero-order chi connectivity index (χ0) is 15.9. The van der Waals surface area contributed by atoms with Crippen molar-refractivity contribution >= 4 is 0 Å². The fraction of sp³-hybridized carbons (Fsp3) is 0.667. The Morgan fingerprint density at radius 2 is 1.73 bits per heavy atom. The highest BCUT2D eigenvalue weighted by Gasteiger charge is 2.27. The number of methoxy groups -OCH3 is 2. The second kappa shape index (κ2) is 8.39. The third-order valence-electron chi connectivity index (χ3n) is 4.44. The van der Waals surface area contributed by atoms with Crippen LogP contribution in [0.15, 0.2) is 12.1 Å². The van der Waals surface area contributed by atoms with Gasteiger partial charge in [0, 0.05) is 32.2 Å². The van der Waals surface area contributed by atoms with Crippen molar-refractivity contribution in [3.63, 3.8) is 0 Å². The van der Waals surface area contributed by atoms with Crippen LogP contribution in [0.3, 0.4) is 0 Å². The SMILES string of the molecule is CCCC[C@@H](c1c(OC)cc(C)cc1OC)N1CCNCC1. The van der Waals surface area contributed by atoms with Crippen LogP contribution in [0.4, 0.5) is 0 Å². The van der Waals surface area contributed by atoms with Crippen molar-refractivity contribution in [2.24, 2.45) is 0 Å². The average Bonchev–Trinajstić information content (AvgIpc) is 2.56. The molecule has 1 aromatic rings. The van der Waals surface area contributed by atoms with Gasteiger partial charge in [-0.15, -0.1) is 0 Å². The predicted octanol–water partition coefficient (Wildman–Crippen LogP) is 3.15. The highest BCUT2D eigenvalue weighted by Crippen LogP contribution is 2.40. The Labute approximate surface area is 134 Å². The molecular formula is C18H30N2O2. The number of hydrogen-bond donors (Lipinski definition) is 1. The van der Waals surface area contributed by atoms with Crippen LogP contribution in [-0.4, -0.2) is 45.3 Å². The molecule has 4 nitrogen and oxygen atoms in total. The van der Waals surface area contributed by atoms with Crippen LogP contribution in [0.5, 0.6) is 11.5 Å². The van der Waals surface area contributed by atoms with Crippen molar-refractivity contribution in [2.45, 2.75) is 39.2 Å². The van der Waals surface area contributed by atoms with Crippen molar-refractivity contribution in [1.82, 2.24) is 10.2 Å². The second-order valence-electron chi connectivity index (χ2n) is 6.03. The van der Waals surface area contributed by atoms with Crippen LogP contribution in [0.2, 0.25) is 0 Å². The Morgan fingerprint density at radius 1 is 1.14 bits per heavy atom. The Morgan fingerprint density at radius 3 is 2.23 bits per heavy atom. The molecule has 1 aliphatic rings. The quantitative estimate of drug-likeness (QED) is 0.839. The van der Waals surface area contributed by atoms with Gasteiger partial charge in [0.15, 0.2) is 0 Å². The molecule has 0 saturated carbocycles. The van der Waals surface area contributed by atoms with Gasteiger partial charge >= 0.3 is 0 Å². The van der Waals surface area contributed by atoms with Crippen LogP contribution >= 0.6 is 0 Å². The van der Waals surface area contributed by atoms with Crippen LogP contribution in [-0.2, 0) is 0 Å². The molecule has 0 unspecified atom stereocenters. The monoisotopic (exact) mass is 306 g/mol. The van der Waals surface area contributed by atoms with E-state index in [0.29, 0.717) is 6.04 Å². The van der Waals surface area contributed by atoms with Gasteiger partial charge in [0.2, 0.25) is 0 Å². The molecular weight excluding hydrogens is 276 g/mol. The lowest BCUT2D eigenvalue weighted by Gasteiger charge is -2.36. The summed E-state index contributed by atoms with van der Waals surface area (Å²) in [4.78, 5) is 2.57. The molecule has 124 valence electrons. The highest BCUT2D eigenvalue weighted by molar-refractivity contribution is 5.50. The maximum atomic E-state index is 5.70. The Bertz CT molecular complexity index is 445. The molecule has 0 aromatic heterocycles. The molecule has 0 aliphatic carbocycles. The van der Waals surface area contributed by atoms with Gasteiger partial charge in [-0.1, -0.05) is 19.8 Å². The smallest absolute Gasteiger partial charge is 0.127 e. The van der Waals surface area contributed by atoms with Crippen LogP contribution in [0.1, 0.15) is 43.4 Å². The van der Waals surface area contributed by atoms with E-state index in [0.717, 1.165) is 44.1 Å². The first-order valence-corrected chi connectivity index (χ1v) is 8.38. The van der Waals surface area contributed by atoms with Crippen molar-refractivity contribution in [2.75, 3.05) is 40.4 Å². The zero-order valence-electron chi connectivity index (χ0n) is 14.4. The number of unbranched alkanes of at least 4 members (excludes halogenated alkanes) is 1. The van der Waals surface area contributed by atoms with E-state index in [2.05, 4.69) is 36.2 Å². The van der Waals surface area contributed by atoms with Crippen molar-refractivity contribution in [3.05, 3.63) is 23.3 Å². The molecule has 1 fully saturated rings. The van der Waals surface area contributed by atoms with E-state index in [1.54, 1.807) is 14.2 Å². The lowest BCUT2D eigenvalue weighted by molar-refractivity contribution is 0.157. The molecule has 22 heavy (non-hydrogen) atoms. The van der Waals surface area contributed by atoms with Crippen molar-refractivity contribution in [3.8, 4) is 11.5 Å². The zero-order valence-corrected chi connectivity index (χ0v) is 14.4. The molecule has 1 atom stereocenters. The lowest BCUT2D eigenvalue weighted by Crippen LogP contribution is -2.45. The van der Waals surface area contributed by atoms with E-state index >= 15 is 0 Å². The number of ether oxygens (including phenoxy) is 2. The van der Waals surface area contributed by atoms with E-state index < -0.39 is 0 Å². The summed E-state index contributed by atoms with van der Waals surface area (Å²) in [5.74, 6) is 1.91. The van der Waals surface area contributed by atoms with Gasteiger partial charge in [0.05, 0.1) is 19.8 Å². The third kappa shape index (κ3) is 3.93. The number of hydrogen-bond acceptors (Lipinski definition) is 4. The average molecular weight is 306 g/mol. The molecule has 0 radical (unpaired) electrons. The molecule has 1 N–H and O–H groups in total. The predicted molar refractivity (Wildman–Crippen MR) is 91.0 cm³/mol. The summed E-state index contributed by atoms with van der Waals surface area (Å²) < 4.78 is 11.4. The summed E-state index contributed by atoms with van der Waals surface area (Å²) in [5, 5.41) is 3.44. The maximum Gasteiger partial charge on any atom is 0.127 e. The standard InChI is InChI=1S/C18H30N2O2/c1-5-6-7-15(20-10-8-19-9-11-20)18-16(21-3)12-14(2)13-17(18)22-4/h12-13,15,19H,5-11H2,1-4H3/t15-/m0/s1. The molecule has 1 aromatic carbocycles. The highest BCUT2D eigenvalue weighted by atomic mass is 16.5.